The molecule has 0 fully saturated rings. The van der Waals surface area contributed by atoms with E-state index in [2.05, 4.69) is 4.98 Å². The van der Waals surface area contributed by atoms with Crippen LogP contribution in [0.15, 0.2) is 24.4 Å². The number of fused-ring (bicyclic) bond motifs is 1. The summed E-state index contributed by atoms with van der Waals surface area (Å²) in [6.07, 6.45) is 1.60. The Morgan fingerprint density at radius 3 is 2.93 bits per heavy atom. The number of aromatic amines is 1. The summed E-state index contributed by atoms with van der Waals surface area (Å²) in [6, 6.07) is 4.39. The average Bonchev–Trinajstić information content (AvgIpc) is 2.67. The Morgan fingerprint density at radius 1 is 1.43 bits per heavy atom. The third kappa shape index (κ3) is 1.20. The molecule has 4 heteroatoms. The van der Waals surface area contributed by atoms with Crippen molar-refractivity contribution in [2.45, 2.75) is 0 Å². The first-order valence-electron chi connectivity index (χ1n) is 4.23. The summed E-state index contributed by atoms with van der Waals surface area (Å²) in [7, 11) is 0. The molecule has 0 saturated carbocycles. The molecule has 0 aliphatic heterocycles. The molecule has 3 N–H and O–H groups in total. The fourth-order valence-electron chi connectivity index (χ4n) is 1.47. The van der Waals surface area contributed by atoms with Crippen LogP contribution in [0.25, 0.3) is 10.9 Å². The molecule has 0 amide bonds. The lowest BCUT2D eigenvalue weighted by molar-refractivity contribution is 0.100. The van der Waals surface area contributed by atoms with Crippen LogP contribution in [-0.4, -0.2) is 17.3 Å². The van der Waals surface area contributed by atoms with Crippen molar-refractivity contribution in [3.8, 4) is 0 Å². The van der Waals surface area contributed by atoms with Gasteiger partial charge in [-0.2, -0.15) is 0 Å². The molecule has 0 aliphatic rings. The molecule has 0 radical (unpaired) electrons. The number of benzene rings is 1. The van der Waals surface area contributed by atoms with E-state index in [1.54, 1.807) is 12.3 Å². The fourth-order valence-corrected chi connectivity index (χ4v) is 1.47. The highest BCUT2D eigenvalue weighted by Crippen LogP contribution is 2.20. The van der Waals surface area contributed by atoms with Gasteiger partial charge >= 0.3 is 0 Å². The van der Waals surface area contributed by atoms with Crippen molar-refractivity contribution >= 4 is 16.7 Å². The molecular weight excluding hydrogens is 183 g/mol. The van der Waals surface area contributed by atoms with Crippen LogP contribution >= 0.6 is 0 Å². The second kappa shape index (κ2) is 3.23. The van der Waals surface area contributed by atoms with E-state index in [4.69, 9.17) is 5.73 Å². The highest BCUT2D eigenvalue weighted by atomic mass is 19.1. The molecule has 0 atom stereocenters. The molecular formula is C10H9FN2O. The Balaban J connectivity index is 2.72. The van der Waals surface area contributed by atoms with Gasteiger partial charge in [-0.3, -0.25) is 4.79 Å². The van der Waals surface area contributed by atoms with E-state index in [1.165, 1.54) is 12.1 Å². The SMILES string of the molecule is NCC(=O)c1ccc(F)c2[nH]ccc12. The maximum Gasteiger partial charge on any atom is 0.177 e. The van der Waals surface area contributed by atoms with E-state index in [0.717, 1.165) is 0 Å². The molecule has 2 aromatic rings. The van der Waals surface area contributed by atoms with Gasteiger partial charge in [-0.05, 0) is 18.2 Å². The van der Waals surface area contributed by atoms with Crippen LogP contribution in [0.3, 0.4) is 0 Å². The predicted molar refractivity (Wildman–Crippen MR) is 51.6 cm³/mol. The van der Waals surface area contributed by atoms with Crippen LogP contribution in [0.4, 0.5) is 4.39 Å². The molecule has 0 spiro atoms. The van der Waals surface area contributed by atoms with E-state index in [9.17, 15) is 9.18 Å². The van der Waals surface area contributed by atoms with Gasteiger partial charge in [-0.1, -0.05) is 0 Å². The highest BCUT2D eigenvalue weighted by molar-refractivity contribution is 6.08. The molecule has 0 unspecified atom stereocenters. The summed E-state index contributed by atoms with van der Waals surface area (Å²) >= 11 is 0. The van der Waals surface area contributed by atoms with Gasteiger partial charge in [0.15, 0.2) is 5.78 Å². The van der Waals surface area contributed by atoms with Crippen LogP contribution in [0.1, 0.15) is 10.4 Å². The Morgan fingerprint density at radius 2 is 2.21 bits per heavy atom. The number of rotatable bonds is 2. The summed E-state index contributed by atoms with van der Waals surface area (Å²) in [4.78, 5) is 14.1. The van der Waals surface area contributed by atoms with Gasteiger partial charge in [0.2, 0.25) is 0 Å². The molecule has 72 valence electrons. The molecule has 0 bridgehead atoms. The number of halogens is 1. The van der Waals surface area contributed by atoms with Crippen LogP contribution in [0.2, 0.25) is 0 Å². The van der Waals surface area contributed by atoms with E-state index < -0.39 is 0 Å². The van der Waals surface area contributed by atoms with Crippen molar-refractivity contribution in [1.82, 2.24) is 4.98 Å². The van der Waals surface area contributed by atoms with Crippen molar-refractivity contribution in [1.29, 1.82) is 0 Å². The van der Waals surface area contributed by atoms with Crippen molar-refractivity contribution in [3.05, 3.63) is 35.8 Å². The van der Waals surface area contributed by atoms with Crippen molar-refractivity contribution < 1.29 is 9.18 Å². The minimum absolute atomic E-state index is 0.0636. The summed E-state index contributed by atoms with van der Waals surface area (Å²) in [5, 5.41) is 0.584. The van der Waals surface area contributed by atoms with Gasteiger partial charge in [-0.15, -0.1) is 0 Å². The van der Waals surface area contributed by atoms with Gasteiger partial charge < -0.3 is 10.7 Å². The first-order valence-corrected chi connectivity index (χ1v) is 4.23. The number of carbonyl (C=O) groups excluding carboxylic acids is 1. The molecule has 1 aromatic carbocycles. The normalized spacial score (nSPS) is 10.7. The number of carbonyl (C=O) groups is 1. The number of hydrogen-bond donors (Lipinski definition) is 2. The van der Waals surface area contributed by atoms with Crippen molar-refractivity contribution in [2.24, 2.45) is 5.73 Å². The quantitative estimate of drug-likeness (QED) is 0.707. The Hall–Kier alpha value is -1.68. The first-order chi connectivity index (χ1) is 6.74. The Labute approximate surface area is 79.7 Å². The van der Waals surface area contributed by atoms with E-state index in [-0.39, 0.29) is 18.1 Å². The van der Waals surface area contributed by atoms with Gasteiger partial charge in [-0.25, -0.2) is 4.39 Å². The Kier molecular flexibility index (Phi) is 2.05. The number of ketones is 1. The fraction of sp³-hybridized carbons (Fsp3) is 0.100. The summed E-state index contributed by atoms with van der Waals surface area (Å²) < 4.78 is 13.2. The highest BCUT2D eigenvalue weighted by Gasteiger charge is 2.11. The molecule has 0 aliphatic carbocycles. The second-order valence-electron chi connectivity index (χ2n) is 2.99. The average molecular weight is 192 g/mol. The number of hydrogen-bond acceptors (Lipinski definition) is 2. The van der Waals surface area contributed by atoms with Crippen molar-refractivity contribution in [2.75, 3.05) is 6.54 Å². The second-order valence-corrected chi connectivity index (χ2v) is 2.99. The van der Waals surface area contributed by atoms with Crippen LogP contribution in [0.5, 0.6) is 0 Å². The first kappa shape index (κ1) is 8.90. The van der Waals surface area contributed by atoms with Gasteiger partial charge in [0.1, 0.15) is 5.82 Å². The van der Waals surface area contributed by atoms with E-state index in [1.807, 2.05) is 0 Å². The predicted octanol–water partition coefficient (Wildman–Crippen LogP) is 1.45. The third-order valence-electron chi connectivity index (χ3n) is 2.16. The molecule has 0 saturated heterocycles. The molecule has 1 aromatic heterocycles. The number of nitrogens with one attached hydrogen (secondary N) is 1. The smallest absolute Gasteiger partial charge is 0.177 e. The third-order valence-corrected chi connectivity index (χ3v) is 2.16. The zero-order valence-corrected chi connectivity index (χ0v) is 7.38. The monoisotopic (exact) mass is 192 g/mol. The lowest BCUT2D eigenvalue weighted by atomic mass is 10.1. The topological polar surface area (TPSA) is 58.9 Å². The maximum absolute atomic E-state index is 13.2. The lowest BCUT2D eigenvalue weighted by Crippen LogP contribution is -2.13. The van der Waals surface area contributed by atoms with Crippen LogP contribution in [-0.2, 0) is 0 Å². The number of nitrogens with two attached hydrogens (primary N) is 1. The van der Waals surface area contributed by atoms with Crippen LogP contribution in [0, 0.1) is 5.82 Å². The van der Waals surface area contributed by atoms with Gasteiger partial charge in [0.25, 0.3) is 0 Å². The van der Waals surface area contributed by atoms with Gasteiger partial charge in [0.05, 0.1) is 12.1 Å². The maximum atomic E-state index is 13.2. The molecule has 1 heterocycles. The van der Waals surface area contributed by atoms with E-state index >= 15 is 0 Å². The molecule has 2 rings (SSSR count). The summed E-state index contributed by atoms with van der Waals surface area (Å²) in [5.74, 6) is -0.548. The number of aromatic nitrogens is 1. The minimum Gasteiger partial charge on any atom is -0.359 e. The van der Waals surface area contributed by atoms with Crippen molar-refractivity contribution in [3.63, 3.8) is 0 Å². The lowest BCUT2D eigenvalue weighted by Gasteiger charge is -2.00. The molecule has 14 heavy (non-hydrogen) atoms. The zero-order chi connectivity index (χ0) is 10.1. The number of H-pyrrole nitrogens is 1. The Bertz CT molecular complexity index is 490. The van der Waals surface area contributed by atoms with E-state index in [0.29, 0.717) is 16.5 Å². The largest absolute Gasteiger partial charge is 0.359 e. The van der Waals surface area contributed by atoms with Crippen LogP contribution < -0.4 is 5.73 Å². The summed E-state index contributed by atoms with van der Waals surface area (Å²) in [6.45, 7) is -0.0636. The standard InChI is InChI=1S/C10H9FN2O/c11-8-2-1-6(9(14)5-12)7-3-4-13-10(7)8/h1-4,13H,5,12H2. The zero-order valence-electron chi connectivity index (χ0n) is 7.38. The molecule has 3 nitrogen and oxygen atoms in total. The van der Waals surface area contributed by atoms with Gasteiger partial charge in [0, 0.05) is 17.1 Å². The minimum atomic E-state index is -0.362. The number of Topliss-reactive ketones (excluding diaryl/α,β-unsaturated/α-hetero) is 1. The summed E-state index contributed by atoms with van der Waals surface area (Å²) in [5.41, 5.74) is 6.06.